The summed E-state index contributed by atoms with van der Waals surface area (Å²) >= 11 is 0. The van der Waals surface area contributed by atoms with Gasteiger partial charge in [0.1, 0.15) is 0 Å². The Bertz CT molecular complexity index is 1240. The third-order valence-electron chi connectivity index (χ3n) is 6.42. The predicted molar refractivity (Wildman–Crippen MR) is 156 cm³/mol. The number of hydrogen-bond acceptors (Lipinski definition) is 1. The van der Waals surface area contributed by atoms with Crippen molar-refractivity contribution in [2.24, 2.45) is 0 Å². The summed E-state index contributed by atoms with van der Waals surface area (Å²) < 4.78 is 2.59. The average molecular weight is 491 g/mol. The third-order valence-corrected chi connectivity index (χ3v) is 11.5. The molecule has 0 aromatic heterocycles. The van der Waals surface area contributed by atoms with E-state index in [9.17, 15) is 0 Å². The average Bonchev–Trinajstić information content (AvgIpc) is 3.40. The minimum absolute atomic E-state index is 0.268. The van der Waals surface area contributed by atoms with Crippen LogP contribution in [0.2, 0.25) is 0 Å². The topological polar surface area (TPSA) is 3.24 Å². The molecule has 35 heavy (non-hydrogen) atoms. The maximum atomic E-state index is 2.59. The summed E-state index contributed by atoms with van der Waals surface area (Å²) in [4.78, 5) is 0. The molecule has 0 saturated carbocycles. The maximum Gasteiger partial charge on any atom is 0.0274 e. The van der Waals surface area contributed by atoms with Crippen molar-refractivity contribution in [1.82, 2.24) is 4.67 Å². The van der Waals surface area contributed by atoms with Gasteiger partial charge in [0, 0.05) is 8.07 Å². The molecule has 0 amide bonds. The minimum Gasteiger partial charge on any atom is -0.282 e. The zero-order valence-electron chi connectivity index (χ0n) is 20.2. The van der Waals surface area contributed by atoms with Crippen LogP contribution in [0.1, 0.15) is 18.5 Å². The molecule has 5 aromatic rings. The van der Waals surface area contributed by atoms with Gasteiger partial charge >= 0.3 is 0 Å². The largest absolute Gasteiger partial charge is 0.282 e. The highest BCUT2D eigenvalue weighted by atomic mass is 31.1. The van der Waals surface area contributed by atoms with Crippen molar-refractivity contribution < 1.29 is 0 Å². The molecule has 0 N–H and O–H groups in total. The van der Waals surface area contributed by atoms with E-state index in [1.54, 1.807) is 0 Å². The number of nitrogens with zero attached hydrogens (tertiary/aromatic N) is 1. The summed E-state index contributed by atoms with van der Waals surface area (Å²) in [6.45, 7) is 2.36. The number of hydrogen-bond donors (Lipinski definition) is 0. The van der Waals surface area contributed by atoms with E-state index in [0.29, 0.717) is 0 Å². The van der Waals surface area contributed by atoms with E-state index >= 15 is 0 Å². The first-order chi connectivity index (χ1) is 17.2. The molecule has 1 nitrogen and oxygen atoms in total. The zero-order valence-corrected chi connectivity index (χ0v) is 22.0. The van der Waals surface area contributed by atoms with Crippen molar-refractivity contribution in [3.05, 3.63) is 145 Å². The summed E-state index contributed by atoms with van der Waals surface area (Å²) in [6.07, 6.45) is 0. The van der Waals surface area contributed by atoms with Crippen molar-refractivity contribution in [1.29, 1.82) is 0 Å². The maximum absolute atomic E-state index is 2.59. The molecule has 5 rings (SSSR count). The summed E-state index contributed by atoms with van der Waals surface area (Å²) in [6, 6.07) is 51.1. The molecule has 1 atom stereocenters. The molecule has 174 valence electrons. The van der Waals surface area contributed by atoms with E-state index in [-0.39, 0.29) is 6.04 Å². The lowest BCUT2D eigenvalue weighted by Crippen LogP contribution is -2.30. The molecule has 0 bridgehead atoms. The smallest absolute Gasteiger partial charge is 0.0274 e. The molecule has 0 aliphatic carbocycles. The highest BCUT2D eigenvalue weighted by Gasteiger charge is 2.25. The quantitative estimate of drug-likeness (QED) is 0.185. The lowest BCUT2D eigenvalue weighted by Gasteiger charge is -2.38. The van der Waals surface area contributed by atoms with Crippen LogP contribution in [-0.2, 0) is 0 Å². The Labute approximate surface area is 212 Å². The Morgan fingerprint density at radius 1 is 0.543 bits per heavy atom. The summed E-state index contributed by atoms with van der Waals surface area (Å²) in [5.41, 5.74) is 1.42. The van der Waals surface area contributed by atoms with Crippen LogP contribution in [0.25, 0.3) is 0 Å². The second-order valence-corrected chi connectivity index (χ2v) is 13.1. The van der Waals surface area contributed by atoms with Gasteiger partial charge in [0.2, 0.25) is 0 Å². The predicted octanol–water partition coefficient (Wildman–Crippen LogP) is 6.20. The van der Waals surface area contributed by atoms with Crippen LogP contribution in [0.5, 0.6) is 0 Å². The van der Waals surface area contributed by atoms with Crippen LogP contribution < -0.4 is 26.5 Å². The molecule has 0 saturated heterocycles. The standard InChI is InChI=1S/C32H30NP2/c1-26(33(2)35(29-20-11-5-12-21-29)30-22-13-6-14-23-30)31-24-15-25-32(31)34(27-16-7-3-8-17-27)28-18-9-4-10-19-28/h3-26H,1-2H3/q-1/t26-/m0/s1. The summed E-state index contributed by atoms with van der Waals surface area (Å²) in [7, 11) is 1.00. The van der Waals surface area contributed by atoms with E-state index in [4.69, 9.17) is 0 Å². The van der Waals surface area contributed by atoms with Gasteiger partial charge in [-0.2, -0.15) is 6.07 Å². The molecule has 0 aliphatic heterocycles. The van der Waals surface area contributed by atoms with Gasteiger partial charge < -0.3 is 0 Å². The van der Waals surface area contributed by atoms with Crippen molar-refractivity contribution in [3.63, 3.8) is 0 Å². The minimum atomic E-state index is -0.656. The molecular weight excluding hydrogens is 460 g/mol. The van der Waals surface area contributed by atoms with E-state index in [0.717, 1.165) is 0 Å². The first-order valence-electron chi connectivity index (χ1n) is 12.0. The molecule has 0 spiro atoms. The van der Waals surface area contributed by atoms with Crippen molar-refractivity contribution in [2.75, 3.05) is 7.05 Å². The first-order valence-corrected chi connectivity index (χ1v) is 14.7. The van der Waals surface area contributed by atoms with Gasteiger partial charge in [0.25, 0.3) is 0 Å². The fourth-order valence-corrected chi connectivity index (χ4v) is 9.55. The molecule has 0 radical (unpaired) electrons. The van der Waals surface area contributed by atoms with Crippen LogP contribution in [-0.4, -0.2) is 11.7 Å². The van der Waals surface area contributed by atoms with Crippen LogP contribution in [0, 0.1) is 0 Å². The van der Waals surface area contributed by atoms with Gasteiger partial charge in [-0.25, -0.2) is 12.1 Å². The number of rotatable bonds is 8. The molecule has 0 aliphatic rings. The molecule has 3 heteroatoms. The second kappa shape index (κ2) is 11.2. The molecule has 0 heterocycles. The Hall–Kier alpha value is -2.95. The normalized spacial score (nSPS) is 12.4. The Morgan fingerprint density at radius 3 is 1.37 bits per heavy atom. The highest BCUT2D eigenvalue weighted by molar-refractivity contribution is 7.80. The van der Waals surface area contributed by atoms with Crippen molar-refractivity contribution in [2.45, 2.75) is 13.0 Å². The zero-order chi connectivity index (χ0) is 24.0. The molecule has 0 fully saturated rings. The van der Waals surface area contributed by atoms with Gasteiger partial charge in [-0.05, 0) is 42.2 Å². The van der Waals surface area contributed by atoms with Crippen molar-refractivity contribution >= 4 is 42.5 Å². The highest BCUT2D eigenvalue weighted by Crippen LogP contribution is 2.44. The van der Waals surface area contributed by atoms with Crippen LogP contribution >= 0.6 is 16.0 Å². The second-order valence-electron chi connectivity index (χ2n) is 8.61. The fraction of sp³-hybridized carbons (Fsp3) is 0.0938. The van der Waals surface area contributed by atoms with Crippen LogP contribution in [0.4, 0.5) is 0 Å². The SMILES string of the molecule is C[C@@H]([c-]1cccc1P(c1ccccc1)c1ccccc1)N(C)P(c1ccccc1)c1ccccc1. The number of benzene rings is 4. The third kappa shape index (κ3) is 5.19. The van der Waals surface area contributed by atoms with Gasteiger partial charge in [-0.3, -0.25) is 4.67 Å². The van der Waals surface area contributed by atoms with Gasteiger partial charge in [0.15, 0.2) is 0 Å². The molecule has 0 unspecified atom stereocenters. The first kappa shape index (κ1) is 23.8. The van der Waals surface area contributed by atoms with Gasteiger partial charge in [-0.15, -0.1) is 10.9 Å². The lowest BCUT2D eigenvalue weighted by atomic mass is 10.2. The van der Waals surface area contributed by atoms with Gasteiger partial charge in [0.05, 0.1) is 0 Å². The Morgan fingerprint density at radius 2 is 0.943 bits per heavy atom. The van der Waals surface area contributed by atoms with E-state index < -0.39 is 16.0 Å². The van der Waals surface area contributed by atoms with E-state index in [1.807, 2.05) is 0 Å². The van der Waals surface area contributed by atoms with E-state index in [1.165, 1.54) is 32.1 Å². The monoisotopic (exact) mass is 490 g/mol. The molecular formula is C32H30NP2-. The summed E-state index contributed by atoms with van der Waals surface area (Å²) in [5.74, 6) is 0. The van der Waals surface area contributed by atoms with E-state index in [2.05, 4.69) is 158 Å². The Balaban J connectivity index is 1.57. The fourth-order valence-electron chi connectivity index (χ4n) is 4.59. The van der Waals surface area contributed by atoms with Crippen LogP contribution in [0.15, 0.2) is 140 Å². The summed E-state index contributed by atoms with van der Waals surface area (Å²) in [5, 5.41) is 7.00. The van der Waals surface area contributed by atoms with Crippen LogP contribution in [0.3, 0.4) is 0 Å². The van der Waals surface area contributed by atoms with Gasteiger partial charge in [-0.1, -0.05) is 128 Å². The Kier molecular flexibility index (Phi) is 7.60. The van der Waals surface area contributed by atoms with Crippen molar-refractivity contribution in [3.8, 4) is 0 Å². The lowest BCUT2D eigenvalue weighted by molar-refractivity contribution is 0.446. The molecule has 5 aromatic carbocycles.